The lowest BCUT2D eigenvalue weighted by Crippen LogP contribution is -2.18. The van der Waals surface area contributed by atoms with Gasteiger partial charge in [0.05, 0.1) is 5.69 Å². The minimum absolute atomic E-state index is 0.0313. The summed E-state index contributed by atoms with van der Waals surface area (Å²) in [5.41, 5.74) is 0.123. The average Bonchev–Trinajstić information content (AvgIpc) is 2.69. The summed E-state index contributed by atoms with van der Waals surface area (Å²) in [6.07, 6.45) is -4.34. The Balaban J connectivity index is 2.59. The molecular weight excluding hydrogens is 362 g/mol. The highest BCUT2D eigenvalue weighted by Crippen LogP contribution is 2.33. The van der Waals surface area contributed by atoms with Crippen LogP contribution in [0, 0.1) is 0 Å². The van der Waals surface area contributed by atoms with Crippen LogP contribution >= 0.6 is 27.5 Å². The summed E-state index contributed by atoms with van der Waals surface area (Å²) in [5.74, 6) is 0.0487. The second-order valence-corrected chi connectivity index (χ2v) is 4.99. The quantitative estimate of drug-likeness (QED) is 0.815. The van der Waals surface area contributed by atoms with Crippen LogP contribution in [0.4, 0.5) is 13.2 Å². The first-order valence-electron chi connectivity index (χ1n) is 5.47. The molecule has 4 nitrogen and oxygen atoms in total. The molecule has 0 fully saturated rings. The van der Waals surface area contributed by atoms with Crippen molar-refractivity contribution in [1.29, 1.82) is 0 Å². The van der Waals surface area contributed by atoms with E-state index in [1.165, 1.54) is 16.7 Å². The van der Waals surface area contributed by atoms with Crippen molar-refractivity contribution in [3.8, 4) is 11.4 Å². The van der Waals surface area contributed by atoms with E-state index in [1.807, 2.05) is 0 Å². The normalized spacial score (nSPS) is 11.7. The molecule has 2 rings (SSSR count). The number of halogens is 5. The van der Waals surface area contributed by atoms with Gasteiger partial charge in [-0.25, -0.2) is 0 Å². The van der Waals surface area contributed by atoms with Crippen molar-refractivity contribution in [3.63, 3.8) is 0 Å². The Hall–Kier alpha value is -1.28. The molecule has 1 aromatic carbocycles. The lowest BCUT2D eigenvalue weighted by atomic mass is 10.3. The number of aromatic nitrogens is 3. The van der Waals surface area contributed by atoms with Crippen LogP contribution in [0.1, 0.15) is 12.7 Å². The molecule has 1 heterocycles. The molecule has 20 heavy (non-hydrogen) atoms. The average molecular weight is 371 g/mol. The Morgan fingerprint density at radius 1 is 1.35 bits per heavy atom. The van der Waals surface area contributed by atoms with Crippen LogP contribution in [0.3, 0.4) is 0 Å². The van der Waals surface area contributed by atoms with E-state index in [0.717, 1.165) is 0 Å². The zero-order valence-corrected chi connectivity index (χ0v) is 12.4. The van der Waals surface area contributed by atoms with Crippen molar-refractivity contribution in [3.05, 3.63) is 33.8 Å². The molecule has 0 amide bonds. The van der Waals surface area contributed by atoms with Gasteiger partial charge in [0, 0.05) is 10.9 Å². The van der Waals surface area contributed by atoms with Crippen molar-refractivity contribution < 1.29 is 17.9 Å². The number of hydrogen-bond acceptors (Lipinski definition) is 3. The van der Waals surface area contributed by atoms with Gasteiger partial charge < -0.3 is 4.74 Å². The summed E-state index contributed by atoms with van der Waals surface area (Å²) in [6.45, 7) is 1.79. The lowest BCUT2D eigenvalue weighted by Gasteiger charge is -2.15. The van der Waals surface area contributed by atoms with Crippen LogP contribution in [0.2, 0.25) is 5.28 Å². The summed E-state index contributed by atoms with van der Waals surface area (Å²) < 4.78 is 43.2. The molecule has 0 aliphatic carbocycles. The molecule has 0 saturated heterocycles. The van der Waals surface area contributed by atoms with Crippen LogP contribution in [0.25, 0.3) is 5.69 Å². The van der Waals surface area contributed by atoms with Gasteiger partial charge in [0.15, 0.2) is 5.75 Å². The Labute approximate surface area is 125 Å². The van der Waals surface area contributed by atoms with Gasteiger partial charge in [0.2, 0.25) is 5.28 Å². The fourth-order valence-corrected chi connectivity index (χ4v) is 2.21. The van der Waals surface area contributed by atoms with Gasteiger partial charge in [-0.3, -0.25) is 4.57 Å². The Kier molecular flexibility index (Phi) is 4.24. The molecule has 0 aliphatic heterocycles. The second kappa shape index (κ2) is 5.61. The maximum Gasteiger partial charge on any atom is 0.573 e. The Morgan fingerprint density at radius 3 is 2.65 bits per heavy atom. The zero-order chi connectivity index (χ0) is 14.9. The van der Waals surface area contributed by atoms with Crippen LogP contribution in [-0.4, -0.2) is 21.1 Å². The van der Waals surface area contributed by atoms with Gasteiger partial charge in [-0.1, -0.05) is 22.9 Å². The predicted octanol–water partition coefficient (Wildman–Crippen LogP) is 4.14. The number of aryl methyl sites for hydroxylation is 1. The highest BCUT2D eigenvalue weighted by Gasteiger charge is 2.33. The minimum atomic E-state index is -4.80. The topological polar surface area (TPSA) is 39.9 Å². The van der Waals surface area contributed by atoms with E-state index in [-0.39, 0.29) is 16.7 Å². The van der Waals surface area contributed by atoms with Crippen LogP contribution in [-0.2, 0) is 6.42 Å². The maximum atomic E-state index is 12.5. The molecule has 108 valence electrons. The first-order valence-corrected chi connectivity index (χ1v) is 6.64. The standard InChI is InChI=1S/C11H8BrClF3N3O/c1-2-9-17-18-10(13)19(9)7-4-3-6(12)5-8(7)20-11(14,15)16/h3-5H,2H2,1H3. The summed E-state index contributed by atoms with van der Waals surface area (Å²) in [7, 11) is 0. The van der Waals surface area contributed by atoms with E-state index in [4.69, 9.17) is 11.6 Å². The third-order valence-electron chi connectivity index (χ3n) is 2.40. The van der Waals surface area contributed by atoms with Gasteiger partial charge in [0.25, 0.3) is 0 Å². The van der Waals surface area contributed by atoms with Gasteiger partial charge in [-0.05, 0) is 29.8 Å². The summed E-state index contributed by atoms with van der Waals surface area (Å²) >= 11 is 8.98. The Morgan fingerprint density at radius 2 is 2.05 bits per heavy atom. The van der Waals surface area contributed by atoms with Crippen molar-refractivity contribution >= 4 is 27.5 Å². The largest absolute Gasteiger partial charge is 0.573 e. The smallest absolute Gasteiger partial charge is 0.403 e. The number of nitrogens with zero attached hydrogens (tertiary/aromatic N) is 3. The molecule has 0 N–H and O–H groups in total. The van der Waals surface area contributed by atoms with E-state index in [1.54, 1.807) is 13.0 Å². The second-order valence-electron chi connectivity index (χ2n) is 3.73. The number of ether oxygens (including phenoxy) is 1. The fourth-order valence-electron chi connectivity index (χ4n) is 1.64. The van der Waals surface area contributed by atoms with E-state index in [0.29, 0.717) is 16.7 Å². The van der Waals surface area contributed by atoms with Gasteiger partial charge >= 0.3 is 6.36 Å². The third-order valence-corrected chi connectivity index (χ3v) is 3.13. The monoisotopic (exact) mass is 369 g/mol. The van der Waals surface area contributed by atoms with Crippen molar-refractivity contribution in [1.82, 2.24) is 14.8 Å². The molecule has 9 heteroatoms. The van der Waals surface area contributed by atoms with Crippen molar-refractivity contribution in [2.24, 2.45) is 0 Å². The summed E-state index contributed by atoms with van der Waals surface area (Å²) in [4.78, 5) is 0. The van der Waals surface area contributed by atoms with Crippen LogP contribution < -0.4 is 4.74 Å². The number of rotatable bonds is 3. The SMILES string of the molecule is CCc1nnc(Cl)n1-c1ccc(Br)cc1OC(F)(F)F. The summed E-state index contributed by atoms with van der Waals surface area (Å²) in [5, 5.41) is 7.43. The molecule has 0 aliphatic rings. The predicted molar refractivity (Wildman–Crippen MR) is 70.1 cm³/mol. The zero-order valence-electron chi connectivity index (χ0n) is 10.1. The molecule has 0 bridgehead atoms. The number of alkyl halides is 3. The molecule has 2 aromatic rings. The first kappa shape index (κ1) is 15.1. The van der Waals surface area contributed by atoms with Crippen LogP contribution in [0.15, 0.2) is 22.7 Å². The minimum Gasteiger partial charge on any atom is -0.403 e. The van der Waals surface area contributed by atoms with E-state index >= 15 is 0 Å². The van der Waals surface area contributed by atoms with Crippen molar-refractivity contribution in [2.75, 3.05) is 0 Å². The van der Waals surface area contributed by atoms with E-state index in [9.17, 15) is 13.2 Å². The number of benzene rings is 1. The molecule has 0 spiro atoms. The molecular formula is C11H8BrClF3N3O. The van der Waals surface area contributed by atoms with Gasteiger partial charge in [-0.15, -0.1) is 23.4 Å². The first-order chi connectivity index (χ1) is 9.31. The van der Waals surface area contributed by atoms with Crippen LogP contribution in [0.5, 0.6) is 5.75 Å². The third kappa shape index (κ3) is 3.24. The Bertz CT molecular complexity index is 630. The molecule has 1 aromatic heterocycles. The van der Waals surface area contributed by atoms with Gasteiger partial charge in [0.1, 0.15) is 5.82 Å². The maximum absolute atomic E-state index is 12.5. The fraction of sp³-hybridized carbons (Fsp3) is 0.273. The lowest BCUT2D eigenvalue weighted by molar-refractivity contribution is -0.274. The van der Waals surface area contributed by atoms with E-state index in [2.05, 4.69) is 30.9 Å². The number of hydrogen-bond donors (Lipinski definition) is 0. The highest BCUT2D eigenvalue weighted by atomic mass is 79.9. The van der Waals surface area contributed by atoms with E-state index < -0.39 is 6.36 Å². The van der Waals surface area contributed by atoms with Gasteiger partial charge in [-0.2, -0.15) is 0 Å². The molecule has 0 unspecified atom stereocenters. The molecule has 0 saturated carbocycles. The summed E-state index contributed by atoms with van der Waals surface area (Å²) in [6, 6.07) is 4.23. The highest BCUT2D eigenvalue weighted by molar-refractivity contribution is 9.10. The molecule has 0 atom stereocenters. The van der Waals surface area contributed by atoms with Crippen molar-refractivity contribution in [2.45, 2.75) is 19.7 Å². The molecule has 0 radical (unpaired) electrons.